The Morgan fingerprint density at radius 3 is 2.77 bits per heavy atom. The van der Waals surface area contributed by atoms with Crippen molar-refractivity contribution in [3.63, 3.8) is 0 Å². The van der Waals surface area contributed by atoms with Crippen molar-refractivity contribution < 1.29 is 4.79 Å². The Morgan fingerprint density at radius 1 is 1.27 bits per heavy atom. The number of benzene rings is 1. The molecule has 2 atom stereocenters. The maximum absolute atomic E-state index is 12.5. The molecule has 2 aliphatic rings. The van der Waals surface area contributed by atoms with Crippen LogP contribution in [0.1, 0.15) is 23.3 Å². The van der Waals surface area contributed by atoms with E-state index in [9.17, 15) is 4.79 Å². The van der Waals surface area contributed by atoms with Gasteiger partial charge in [0.05, 0.1) is 5.52 Å². The summed E-state index contributed by atoms with van der Waals surface area (Å²) in [4.78, 5) is 14.9. The lowest BCUT2D eigenvalue weighted by atomic mass is 9.90. The van der Waals surface area contributed by atoms with Crippen molar-refractivity contribution in [1.82, 2.24) is 25.7 Å². The Hall–Kier alpha value is -1.92. The molecule has 1 aromatic carbocycles. The van der Waals surface area contributed by atoms with Gasteiger partial charge >= 0.3 is 0 Å². The molecular formula is C16H21N5O. The molecule has 116 valence electrons. The molecule has 6 heteroatoms. The number of carbonyl (C=O) groups excluding carboxylic acids is 1. The number of amides is 1. The second-order valence-corrected chi connectivity index (χ2v) is 6.54. The van der Waals surface area contributed by atoms with Crippen molar-refractivity contribution in [3.8, 4) is 0 Å². The summed E-state index contributed by atoms with van der Waals surface area (Å²) < 4.78 is 0. The number of piperidine rings is 1. The highest BCUT2D eigenvalue weighted by atomic mass is 16.2. The van der Waals surface area contributed by atoms with Gasteiger partial charge in [-0.2, -0.15) is 5.10 Å². The van der Waals surface area contributed by atoms with Crippen LogP contribution in [-0.4, -0.2) is 59.3 Å². The molecule has 0 radical (unpaired) electrons. The fourth-order valence-electron chi connectivity index (χ4n) is 3.84. The lowest BCUT2D eigenvalue weighted by molar-refractivity contribution is 0.0869. The standard InChI is InChI=1S/C16H21N5O/c1-21-8-11-6-10(7-12(9-21)17-11)18-16(22)15-13-4-2-3-5-14(13)19-20-15/h2-5,10-12,17H,6-9H2,1H3,(H,18,22)(H,19,20). The van der Waals surface area contributed by atoms with E-state index in [2.05, 4.69) is 32.8 Å². The summed E-state index contributed by atoms with van der Waals surface area (Å²) in [5.41, 5.74) is 1.40. The molecule has 2 aromatic rings. The minimum Gasteiger partial charge on any atom is -0.348 e. The lowest BCUT2D eigenvalue weighted by Gasteiger charge is -2.44. The number of aromatic amines is 1. The molecule has 3 heterocycles. The quantitative estimate of drug-likeness (QED) is 0.764. The minimum absolute atomic E-state index is 0.0734. The summed E-state index contributed by atoms with van der Waals surface area (Å²) in [5.74, 6) is -0.0734. The number of nitrogens with one attached hydrogen (secondary N) is 3. The smallest absolute Gasteiger partial charge is 0.272 e. The molecular weight excluding hydrogens is 278 g/mol. The monoisotopic (exact) mass is 299 g/mol. The van der Waals surface area contributed by atoms with Gasteiger partial charge in [0.2, 0.25) is 0 Å². The van der Waals surface area contributed by atoms with Crippen molar-refractivity contribution in [2.75, 3.05) is 20.1 Å². The van der Waals surface area contributed by atoms with Gasteiger partial charge < -0.3 is 15.5 Å². The van der Waals surface area contributed by atoms with Gasteiger partial charge in [-0.25, -0.2) is 0 Å². The van der Waals surface area contributed by atoms with Gasteiger partial charge in [0.1, 0.15) is 0 Å². The van der Waals surface area contributed by atoms with E-state index in [-0.39, 0.29) is 11.9 Å². The number of carbonyl (C=O) groups is 1. The average Bonchev–Trinajstić information content (AvgIpc) is 2.89. The van der Waals surface area contributed by atoms with Gasteiger partial charge in [-0.3, -0.25) is 9.89 Å². The summed E-state index contributed by atoms with van der Waals surface area (Å²) >= 11 is 0. The van der Waals surface area contributed by atoms with Gasteiger partial charge in [0, 0.05) is 36.6 Å². The zero-order chi connectivity index (χ0) is 15.1. The maximum atomic E-state index is 12.5. The number of hydrogen-bond acceptors (Lipinski definition) is 4. The highest BCUT2D eigenvalue weighted by Crippen LogP contribution is 2.21. The Morgan fingerprint density at radius 2 is 2.00 bits per heavy atom. The number of nitrogens with zero attached hydrogens (tertiary/aromatic N) is 2. The largest absolute Gasteiger partial charge is 0.348 e. The molecule has 2 saturated heterocycles. The Labute approximate surface area is 129 Å². The van der Waals surface area contributed by atoms with Crippen molar-refractivity contribution in [2.45, 2.75) is 31.0 Å². The van der Waals surface area contributed by atoms with Crippen LogP contribution < -0.4 is 10.6 Å². The van der Waals surface area contributed by atoms with E-state index in [1.54, 1.807) is 0 Å². The number of aromatic nitrogens is 2. The first-order valence-electron chi connectivity index (χ1n) is 7.87. The first-order chi connectivity index (χ1) is 10.7. The van der Waals surface area contributed by atoms with E-state index in [1.807, 2.05) is 24.3 Å². The molecule has 22 heavy (non-hydrogen) atoms. The van der Waals surface area contributed by atoms with Crippen LogP contribution in [0.5, 0.6) is 0 Å². The maximum Gasteiger partial charge on any atom is 0.272 e. The predicted octanol–water partition coefficient (Wildman–Crippen LogP) is 0.727. The summed E-state index contributed by atoms with van der Waals surface area (Å²) in [6.45, 7) is 2.10. The van der Waals surface area contributed by atoms with Crippen LogP contribution >= 0.6 is 0 Å². The van der Waals surface area contributed by atoms with Crippen LogP contribution in [0.2, 0.25) is 0 Å². The zero-order valence-corrected chi connectivity index (χ0v) is 12.7. The van der Waals surface area contributed by atoms with Crippen LogP contribution in [0.4, 0.5) is 0 Å². The Balaban J connectivity index is 1.48. The number of hydrogen-bond donors (Lipinski definition) is 3. The first-order valence-corrected chi connectivity index (χ1v) is 7.87. The number of H-pyrrole nitrogens is 1. The third kappa shape index (κ3) is 2.48. The van der Waals surface area contributed by atoms with Gasteiger partial charge in [-0.15, -0.1) is 0 Å². The summed E-state index contributed by atoms with van der Waals surface area (Å²) in [6.07, 6.45) is 1.96. The number of fused-ring (bicyclic) bond motifs is 3. The summed E-state index contributed by atoms with van der Waals surface area (Å²) in [7, 11) is 2.16. The van der Waals surface area contributed by atoms with Crippen LogP contribution in [0.3, 0.4) is 0 Å². The van der Waals surface area contributed by atoms with E-state index in [0.717, 1.165) is 36.8 Å². The predicted molar refractivity (Wildman–Crippen MR) is 84.8 cm³/mol. The molecule has 3 N–H and O–H groups in total. The van der Waals surface area contributed by atoms with Crippen LogP contribution in [0.15, 0.2) is 24.3 Å². The first kappa shape index (κ1) is 13.7. The third-order valence-electron chi connectivity index (χ3n) is 4.69. The second-order valence-electron chi connectivity index (χ2n) is 6.54. The molecule has 0 aliphatic carbocycles. The highest BCUT2D eigenvalue weighted by Gasteiger charge is 2.34. The number of para-hydroxylation sites is 1. The molecule has 2 bridgehead atoms. The molecule has 1 amide bonds. The zero-order valence-electron chi connectivity index (χ0n) is 12.7. The molecule has 0 spiro atoms. The molecule has 1 aromatic heterocycles. The normalized spacial score (nSPS) is 28.7. The molecule has 0 saturated carbocycles. The number of rotatable bonds is 2. The molecule has 2 unspecified atom stereocenters. The van der Waals surface area contributed by atoms with E-state index >= 15 is 0 Å². The topological polar surface area (TPSA) is 73.0 Å². The van der Waals surface area contributed by atoms with E-state index < -0.39 is 0 Å². The summed E-state index contributed by atoms with van der Waals surface area (Å²) in [6, 6.07) is 8.90. The van der Waals surface area contributed by atoms with Gasteiger partial charge in [-0.05, 0) is 26.0 Å². The van der Waals surface area contributed by atoms with Crippen molar-refractivity contribution >= 4 is 16.8 Å². The molecule has 2 aliphatic heterocycles. The van der Waals surface area contributed by atoms with E-state index in [4.69, 9.17) is 0 Å². The van der Waals surface area contributed by atoms with E-state index in [1.165, 1.54) is 0 Å². The van der Waals surface area contributed by atoms with Crippen molar-refractivity contribution in [2.24, 2.45) is 0 Å². The van der Waals surface area contributed by atoms with Gasteiger partial charge in [-0.1, -0.05) is 18.2 Å². The van der Waals surface area contributed by atoms with Crippen LogP contribution in [0, 0.1) is 0 Å². The van der Waals surface area contributed by atoms with Gasteiger partial charge in [0.15, 0.2) is 5.69 Å². The number of piperazine rings is 1. The van der Waals surface area contributed by atoms with E-state index in [0.29, 0.717) is 17.8 Å². The Kier molecular flexibility index (Phi) is 3.35. The van der Waals surface area contributed by atoms with Gasteiger partial charge in [0.25, 0.3) is 5.91 Å². The number of likely N-dealkylation sites (tertiary alicyclic amines) is 1. The van der Waals surface area contributed by atoms with Crippen molar-refractivity contribution in [1.29, 1.82) is 0 Å². The molecule has 2 fully saturated rings. The highest BCUT2D eigenvalue weighted by molar-refractivity contribution is 6.04. The lowest BCUT2D eigenvalue weighted by Crippen LogP contribution is -2.62. The fourth-order valence-corrected chi connectivity index (χ4v) is 3.84. The fraction of sp³-hybridized carbons (Fsp3) is 0.500. The summed E-state index contributed by atoms with van der Waals surface area (Å²) in [5, 5.41) is 14.8. The van der Waals surface area contributed by atoms with Crippen molar-refractivity contribution in [3.05, 3.63) is 30.0 Å². The van der Waals surface area contributed by atoms with Crippen LogP contribution in [-0.2, 0) is 0 Å². The molecule has 6 nitrogen and oxygen atoms in total. The molecule has 4 rings (SSSR count). The Bertz CT molecular complexity index is 679. The minimum atomic E-state index is -0.0734. The van der Waals surface area contributed by atoms with Crippen LogP contribution in [0.25, 0.3) is 10.9 Å². The second kappa shape index (κ2) is 5.37. The number of likely N-dealkylation sites (N-methyl/N-ethyl adjacent to an activating group) is 1. The average molecular weight is 299 g/mol. The third-order valence-corrected chi connectivity index (χ3v) is 4.69. The SMILES string of the molecule is CN1CC2CC(NC(=O)c3n[nH]c4ccccc34)CC(C1)N2.